The number of rotatable bonds is 4. The van der Waals surface area contributed by atoms with Gasteiger partial charge in [-0.15, -0.1) is 11.3 Å². The van der Waals surface area contributed by atoms with Gasteiger partial charge in [-0.25, -0.2) is 14.8 Å². The smallest absolute Gasteiger partial charge is 0.407 e. The van der Waals surface area contributed by atoms with Gasteiger partial charge in [0.15, 0.2) is 0 Å². The van der Waals surface area contributed by atoms with Gasteiger partial charge in [-0.1, -0.05) is 13.8 Å². The maximum atomic E-state index is 11.7. The summed E-state index contributed by atoms with van der Waals surface area (Å²) in [6, 6.07) is 4.09. The number of pyridine rings is 1. The molecule has 0 radical (unpaired) electrons. The van der Waals surface area contributed by atoms with Crippen LogP contribution in [-0.2, 0) is 4.74 Å². The number of thiazole rings is 1. The maximum Gasteiger partial charge on any atom is 0.407 e. The van der Waals surface area contributed by atoms with E-state index in [0.717, 1.165) is 35.7 Å². The van der Waals surface area contributed by atoms with E-state index in [1.54, 1.807) is 16.8 Å². The largest absolute Gasteiger partial charge is 0.449 e. The van der Waals surface area contributed by atoms with E-state index in [9.17, 15) is 4.79 Å². The minimum Gasteiger partial charge on any atom is -0.449 e. The Bertz CT molecular complexity index is 658. The second-order valence-corrected chi connectivity index (χ2v) is 6.75. The molecule has 0 aromatic carbocycles. The van der Waals surface area contributed by atoms with E-state index < -0.39 is 0 Å². The van der Waals surface area contributed by atoms with Crippen LogP contribution in [0, 0.1) is 5.92 Å². The molecule has 22 heavy (non-hydrogen) atoms. The summed E-state index contributed by atoms with van der Waals surface area (Å²) in [5, 5.41) is 2.93. The SMILES string of the molecule is CC(C)COC(=O)N[C@H]1CCN(c2ccc3ncsc3n2)C1. The average Bonchev–Trinajstić information content (AvgIpc) is 3.12. The van der Waals surface area contributed by atoms with Crippen LogP contribution in [0.15, 0.2) is 17.6 Å². The number of ether oxygens (including phenoxy) is 1. The minimum absolute atomic E-state index is 0.110. The fourth-order valence-corrected chi connectivity index (χ4v) is 3.11. The van der Waals surface area contributed by atoms with E-state index in [4.69, 9.17) is 4.74 Å². The first kappa shape index (κ1) is 15.0. The Kier molecular flexibility index (Phi) is 4.42. The van der Waals surface area contributed by atoms with Crippen LogP contribution >= 0.6 is 11.3 Å². The Balaban J connectivity index is 1.56. The van der Waals surface area contributed by atoms with E-state index in [-0.39, 0.29) is 12.1 Å². The molecule has 7 heteroatoms. The predicted molar refractivity (Wildman–Crippen MR) is 87.4 cm³/mol. The van der Waals surface area contributed by atoms with Crippen molar-refractivity contribution >= 4 is 33.6 Å². The molecule has 118 valence electrons. The van der Waals surface area contributed by atoms with Gasteiger partial charge in [0.2, 0.25) is 0 Å². The van der Waals surface area contributed by atoms with Gasteiger partial charge in [0.25, 0.3) is 0 Å². The Labute approximate surface area is 133 Å². The minimum atomic E-state index is -0.327. The van der Waals surface area contributed by atoms with Gasteiger partial charge < -0.3 is 15.0 Å². The third-order valence-corrected chi connectivity index (χ3v) is 4.30. The molecular weight excluding hydrogens is 300 g/mol. The number of aromatic nitrogens is 2. The van der Waals surface area contributed by atoms with Crippen molar-refractivity contribution in [1.82, 2.24) is 15.3 Å². The molecule has 1 N–H and O–H groups in total. The van der Waals surface area contributed by atoms with Crippen molar-refractivity contribution in [3.05, 3.63) is 17.6 Å². The quantitative estimate of drug-likeness (QED) is 0.938. The Morgan fingerprint density at radius 3 is 3.23 bits per heavy atom. The molecule has 0 saturated carbocycles. The van der Waals surface area contributed by atoms with E-state index in [1.807, 2.05) is 26.0 Å². The van der Waals surface area contributed by atoms with Crippen molar-refractivity contribution in [2.45, 2.75) is 26.3 Å². The molecule has 1 aliphatic heterocycles. The van der Waals surface area contributed by atoms with Crippen LogP contribution in [0.5, 0.6) is 0 Å². The lowest BCUT2D eigenvalue weighted by Gasteiger charge is -2.18. The fraction of sp³-hybridized carbons (Fsp3) is 0.533. The average molecular weight is 320 g/mol. The number of fused-ring (bicyclic) bond motifs is 1. The molecule has 1 atom stereocenters. The second kappa shape index (κ2) is 6.48. The van der Waals surface area contributed by atoms with Crippen molar-refractivity contribution in [3.8, 4) is 0 Å². The number of amides is 1. The molecular formula is C15H20N4O2S. The molecule has 1 amide bonds. The topological polar surface area (TPSA) is 67.3 Å². The number of alkyl carbamates (subject to hydrolysis) is 1. The summed E-state index contributed by atoms with van der Waals surface area (Å²) in [4.78, 5) is 23.7. The Morgan fingerprint density at radius 1 is 1.55 bits per heavy atom. The summed E-state index contributed by atoms with van der Waals surface area (Å²) in [7, 11) is 0. The molecule has 3 rings (SSSR count). The molecule has 3 heterocycles. The van der Waals surface area contributed by atoms with Crippen molar-refractivity contribution in [3.63, 3.8) is 0 Å². The molecule has 0 aliphatic carbocycles. The zero-order chi connectivity index (χ0) is 15.5. The lowest BCUT2D eigenvalue weighted by atomic mass is 10.2. The van der Waals surface area contributed by atoms with Crippen LogP contribution < -0.4 is 10.2 Å². The van der Waals surface area contributed by atoms with Crippen LogP contribution in [0.2, 0.25) is 0 Å². The highest BCUT2D eigenvalue weighted by atomic mass is 32.1. The van der Waals surface area contributed by atoms with E-state index in [1.165, 1.54) is 0 Å². The number of nitrogens with one attached hydrogen (secondary N) is 1. The fourth-order valence-electron chi connectivity index (χ4n) is 2.45. The van der Waals surface area contributed by atoms with E-state index in [2.05, 4.69) is 20.2 Å². The first-order valence-corrected chi connectivity index (χ1v) is 8.38. The molecule has 0 spiro atoms. The molecule has 6 nitrogen and oxygen atoms in total. The highest BCUT2D eigenvalue weighted by Crippen LogP contribution is 2.23. The second-order valence-electron chi connectivity index (χ2n) is 5.91. The molecule has 1 fully saturated rings. The summed E-state index contributed by atoms with van der Waals surface area (Å²) in [5.41, 5.74) is 2.74. The van der Waals surface area contributed by atoms with Crippen molar-refractivity contribution < 1.29 is 9.53 Å². The van der Waals surface area contributed by atoms with Crippen molar-refractivity contribution in [2.75, 3.05) is 24.6 Å². The van der Waals surface area contributed by atoms with Crippen molar-refractivity contribution in [2.24, 2.45) is 5.92 Å². The molecule has 0 bridgehead atoms. The van der Waals surface area contributed by atoms with Crippen LogP contribution in [0.4, 0.5) is 10.6 Å². The van der Waals surface area contributed by atoms with E-state index in [0.29, 0.717) is 12.5 Å². The molecule has 1 saturated heterocycles. The standard InChI is InChI=1S/C15H20N4O2S/c1-10(2)8-21-15(20)17-11-5-6-19(7-11)13-4-3-12-14(18-13)22-9-16-12/h3-4,9-11H,5-8H2,1-2H3,(H,17,20)/t11-/m0/s1. The number of carbonyl (C=O) groups excluding carboxylic acids is 1. The molecule has 2 aromatic rings. The lowest BCUT2D eigenvalue weighted by Crippen LogP contribution is -2.38. The number of hydrogen-bond donors (Lipinski definition) is 1. The molecule has 1 aliphatic rings. The van der Waals surface area contributed by atoms with Gasteiger partial charge >= 0.3 is 6.09 Å². The monoisotopic (exact) mass is 320 g/mol. The summed E-state index contributed by atoms with van der Waals surface area (Å²) in [5.74, 6) is 1.29. The summed E-state index contributed by atoms with van der Waals surface area (Å²) in [6.45, 7) is 6.13. The Hall–Kier alpha value is -1.89. The van der Waals surface area contributed by atoms with Crippen molar-refractivity contribution in [1.29, 1.82) is 0 Å². The van der Waals surface area contributed by atoms with E-state index >= 15 is 0 Å². The third kappa shape index (κ3) is 3.47. The highest BCUT2D eigenvalue weighted by molar-refractivity contribution is 7.16. The number of hydrogen-bond acceptors (Lipinski definition) is 6. The zero-order valence-electron chi connectivity index (χ0n) is 12.8. The van der Waals surface area contributed by atoms with Gasteiger partial charge in [-0.2, -0.15) is 0 Å². The highest BCUT2D eigenvalue weighted by Gasteiger charge is 2.25. The summed E-state index contributed by atoms with van der Waals surface area (Å²) >= 11 is 1.54. The molecule has 0 unspecified atom stereocenters. The lowest BCUT2D eigenvalue weighted by molar-refractivity contribution is 0.130. The normalized spacial score (nSPS) is 18.1. The van der Waals surface area contributed by atoms with Crippen LogP contribution in [0.1, 0.15) is 20.3 Å². The first-order chi connectivity index (χ1) is 10.6. The van der Waals surface area contributed by atoms with Gasteiger partial charge in [0, 0.05) is 13.1 Å². The first-order valence-electron chi connectivity index (χ1n) is 7.50. The summed E-state index contributed by atoms with van der Waals surface area (Å²) in [6.07, 6.45) is 0.575. The van der Waals surface area contributed by atoms with Gasteiger partial charge in [-0.3, -0.25) is 0 Å². The predicted octanol–water partition coefficient (Wildman–Crippen LogP) is 2.65. The van der Waals surface area contributed by atoms with Gasteiger partial charge in [0.1, 0.15) is 16.2 Å². The van der Waals surface area contributed by atoms with Gasteiger partial charge in [-0.05, 0) is 24.5 Å². The van der Waals surface area contributed by atoms with Gasteiger partial charge in [0.05, 0.1) is 18.2 Å². The number of anilines is 1. The van der Waals surface area contributed by atoms with Crippen LogP contribution in [0.3, 0.4) is 0 Å². The maximum absolute atomic E-state index is 11.7. The zero-order valence-corrected chi connectivity index (χ0v) is 13.6. The van der Waals surface area contributed by atoms with Crippen LogP contribution in [0.25, 0.3) is 10.3 Å². The van der Waals surface area contributed by atoms with Crippen LogP contribution in [-0.4, -0.2) is 41.8 Å². The number of nitrogens with zero attached hydrogens (tertiary/aromatic N) is 3. The molecule has 2 aromatic heterocycles. The summed E-state index contributed by atoms with van der Waals surface area (Å²) < 4.78 is 5.16. The Morgan fingerprint density at radius 2 is 2.41 bits per heavy atom. The number of carbonyl (C=O) groups is 1. The third-order valence-electron chi connectivity index (χ3n) is 3.56.